The van der Waals surface area contributed by atoms with Crippen LogP contribution >= 0.6 is 0 Å². The standard InChI is InChI=1S/C31H33N3O6/c1-37-24-8-4-22(5-9-24)30-26(18-29(35)34(30)23-6-10-25(38-2)11-7-23)31(36)33-15-13-32(14-16-33)19-21-3-12-27-28(17-21)40-20-39-27/h3-12,17,26,30H,13-16,18-20H2,1-2H3/t26-,30-/m1/s1. The van der Waals surface area contributed by atoms with E-state index in [1.165, 1.54) is 0 Å². The van der Waals surface area contributed by atoms with Gasteiger partial charge in [0.05, 0.1) is 26.2 Å². The Bertz CT molecular complexity index is 1370. The highest BCUT2D eigenvalue weighted by Crippen LogP contribution is 2.43. The van der Waals surface area contributed by atoms with E-state index in [0.29, 0.717) is 18.8 Å². The molecule has 2 amide bonds. The van der Waals surface area contributed by atoms with Crippen LogP contribution in [0.1, 0.15) is 23.6 Å². The van der Waals surface area contributed by atoms with Crippen LogP contribution in [0.15, 0.2) is 66.7 Å². The van der Waals surface area contributed by atoms with Crippen molar-refractivity contribution in [2.75, 3.05) is 52.1 Å². The lowest BCUT2D eigenvalue weighted by Gasteiger charge is -2.37. The molecule has 0 N–H and O–H groups in total. The van der Waals surface area contributed by atoms with Crippen LogP contribution in [0.5, 0.6) is 23.0 Å². The molecule has 6 rings (SSSR count). The maximum atomic E-state index is 14.0. The average Bonchev–Trinajstić information content (AvgIpc) is 3.61. The lowest BCUT2D eigenvalue weighted by atomic mass is 9.91. The first-order chi connectivity index (χ1) is 19.5. The van der Waals surface area contributed by atoms with E-state index in [9.17, 15) is 9.59 Å². The average molecular weight is 544 g/mol. The Morgan fingerprint density at radius 2 is 1.50 bits per heavy atom. The molecule has 3 aromatic rings. The summed E-state index contributed by atoms with van der Waals surface area (Å²) in [5.41, 5.74) is 2.80. The summed E-state index contributed by atoms with van der Waals surface area (Å²) < 4.78 is 21.6. The Labute approximate surface area is 233 Å². The van der Waals surface area contributed by atoms with Gasteiger partial charge in [0, 0.05) is 44.8 Å². The van der Waals surface area contributed by atoms with Crippen LogP contribution in [0.25, 0.3) is 0 Å². The SMILES string of the molecule is COc1ccc([C@@H]2[C@H](C(=O)N3CCN(Cc4ccc5c(c4)OCO5)CC3)CC(=O)N2c2ccc(OC)cc2)cc1. The molecule has 0 aromatic heterocycles. The van der Waals surface area contributed by atoms with Gasteiger partial charge in [0.2, 0.25) is 18.6 Å². The predicted molar refractivity (Wildman–Crippen MR) is 149 cm³/mol. The first-order valence-corrected chi connectivity index (χ1v) is 13.5. The normalized spacial score (nSPS) is 20.6. The van der Waals surface area contributed by atoms with E-state index in [0.717, 1.165) is 53.7 Å². The molecule has 2 atom stereocenters. The van der Waals surface area contributed by atoms with Crippen LogP contribution in [-0.2, 0) is 16.1 Å². The first-order valence-electron chi connectivity index (χ1n) is 13.5. The van der Waals surface area contributed by atoms with E-state index < -0.39 is 12.0 Å². The van der Waals surface area contributed by atoms with Crippen molar-refractivity contribution in [1.29, 1.82) is 0 Å². The minimum atomic E-state index is -0.483. The molecule has 3 aromatic carbocycles. The number of rotatable bonds is 7. The smallest absolute Gasteiger partial charge is 0.231 e. The zero-order valence-corrected chi connectivity index (χ0v) is 22.7. The summed E-state index contributed by atoms with van der Waals surface area (Å²) in [6.07, 6.45) is 0.166. The molecule has 2 fully saturated rings. The number of methoxy groups -OCH3 is 2. The van der Waals surface area contributed by atoms with E-state index in [4.69, 9.17) is 18.9 Å². The Morgan fingerprint density at radius 1 is 0.850 bits per heavy atom. The molecule has 3 heterocycles. The van der Waals surface area contributed by atoms with Gasteiger partial charge in [-0.15, -0.1) is 0 Å². The highest BCUT2D eigenvalue weighted by molar-refractivity contribution is 6.01. The van der Waals surface area contributed by atoms with E-state index in [2.05, 4.69) is 11.0 Å². The second-order valence-electron chi connectivity index (χ2n) is 10.3. The molecular formula is C31H33N3O6. The van der Waals surface area contributed by atoms with Crippen molar-refractivity contribution < 1.29 is 28.5 Å². The summed E-state index contributed by atoms with van der Waals surface area (Å²) in [6, 6.07) is 20.7. The van der Waals surface area contributed by atoms with E-state index in [-0.39, 0.29) is 25.0 Å². The van der Waals surface area contributed by atoms with E-state index >= 15 is 0 Å². The molecule has 0 aliphatic carbocycles. The third-order valence-electron chi connectivity index (χ3n) is 7.97. The molecule has 0 saturated carbocycles. The molecule has 3 aliphatic rings. The van der Waals surface area contributed by atoms with Gasteiger partial charge in [0.25, 0.3) is 0 Å². The van der Waals surface area contributed by atoms with Crippen molar-refractivity contribution in [3.05, 3.63) is 77.9 Å². The summed E-state index contributed by atoms with van der Waals surface area (Å²) in [5.74, 6) is 2.47. The summed E-state index contributed by atoms with van der Waals surface area (Å²) in [7, 11) is 3.23. The van der Waals surface area contributed by atoms with Crippen LogP contribution in [0.2, 0.25) is 0 Å². The van der Waals surface area contributed by atoms with Gasteiger partial charge in [-0.05, 0) is 59.7 Å². The monoisotopic (exact) mass is 543 g/mol. The Kier molecular flexibility index (Phi) is 7.21. The summed E-state index contributed by atoms with van der Waals surface area (Å²) in [5, 5.41) is 0. The maximum absolute atomic E-state index is 14.0. The van der Waals surface area contributed by atoms with Crippen LogP contribution in [-0.4, -0.2) is 68.8 Å². The number of hydrogen-bond donors (Lipinski definition) is 0. The number of carbonyl (C=O) groups excluding carboxylic acids is 2. The van der Waals surface area contributed by atoms with Crippen molar-refractivity contribution in [1.82, 2.24) is 9.80 Å². The zero-order valence-electron chi connectivity index (χ0n) is 22.7. The lowest BCUT2D eigenvalue weighted by Crippen LogP contribution is -2.50. The first kappa shape index (κ1) is 26.0. The molecule has 0 bridgehead atoms. The number of benzene rings is 3. The largest absolute Gasteiger partial charge is 0.497 e. The fourth-order valence-electron chi connectivity index (χ4n) is 5.84. The molecular weight excluding hydrogens is 510 g/mol. The Hall–Kier alpha value is -4.24. The molecule has 2 saturated heterocycles. The van der Waals surface area contributed by atoms with Gasteiger partial charge in [-0.25, -0.2) is 0 Å². The minimum Gasteiger partial charge on any atom is -0.497 e. The van der Waals surface area contributed by atoms with Gasteiger partial charge in [-0.1, -0.05) is 18.2 Å². The minimum absolute atomic E-state index is 0.0212. The van der Waals surface area contributed by atoms with Crippen molar-refractivity contribution in [3.8, 4) is 23.0 Å². The van der Waals surface area contributed by atoms with Gasteiger partial charge < -0.3 is 28.7 Å². The Balaban J connectivity index is 1.18. The zero-order chi connectivity index (χ0) is 27.6. The topological polar surface area (TPSA) is 80.8 Å². The highest BCUT2D eigenvalue weighted by Gasteiger charge is 2.46. The summed E-state index contributed by atoms with van der Waals surface area (Å²) in [4.78, 5) is 33.4. The molecule has 40 heavy (non-hydrogen) atoms. The van der Waals surface area contributed by atoms with Crippen LogP contribution in [0, 0.1) is 5.92 Å². The summed E-state index contributed by atoms with van der Waals surface area (Å²) in [6.45, 7) is 3.79. The molecule has 208 valence electrons. The third kappa shape index (κ3) is 5.04. The maximum Gasteiger partial charge on any atom is 0.231 e. The second kappa shape index (κ2) is 11.1. The fraction of sp³-hybridized carbons (Fsp3) is 0.355. The van der Waals surface area contributed by atoms with Crippen LogP contribution < -0.4 is 23.8 Å². The van der Waals surface area contributed by atoms with Crippen LogP contribution in [0.4, 0.5) is 5.69 Å². The molecule has 9 nitrogen and oxygen atoms in total. The number of hydrogen-bond acceptors (Lipinski definition) is 7. The number of anilines is 1. The molecule has 9 heteroatoms. The molecule has 0 spiro atoms. The molecule has 3 aliphatic heterocycles. The number of carbonyl (C=O) groups is 2. The number of ether oxygens (including phenoxy) is 4. The molecule has 0 radical (unpaired) electrons. The van der Waals surface area contributed by atoms with Crippen LogP contribution in [0.3, 0.4) is 0 Å². The number of piperazine rings is 1. The quantitative estimate of drug-likeness (QED) is 0.448. The van der Waals surface area contributed by atoms with Crippen molar-refractivity contribution in [2.45, 2.75) is 19.0 Å². The fourth-order valence-corrected chi connectivity index (χ4v) is 5.84. The van der Waals surface area contributed by atoms with Gasteiger partial charge in [0.1, 0.15) is 11.5 Å². The third-order valence-corrected chi connectivity index (χ3v) is 7.97. The lowest BCUT2D eigenvalue weighted by molar-refractivity contribution is -0.138. The second-order valence-corrected chi connectivity index (χ2v) is 10.3. The van der Waals surface area contributed by atoms with Gasteiger partial charge in [0.15, 0.2) is 11.5 Å². The van der Waals surface area contributed by atoms with Gasteiger partial charge >= 0.3 is 0 Å². The van der Waals surface area contributed by atoms with Crippen molar-refractivity contribution >= 4 is 17.5 Å². The molecule has 0 unspecified atom stereocenters. The number of fused-ring (bicyclic) bond motifs is 1. The number of amides is 2. The highest BCUT2D eigenvalue weighted by atomic mass is 16.7. The van der Waals surface area contributed by atoms with Gasteiger partial charge in [-0.3, -0.25) is 14.5 Å². The van der Waals surface area contributed by atoms with Gasteiger partial charge in [-0.2, -0.15) is 0 Å². The van der Waals surface area contributed by atoms with E-state index in [1.54, 1.807) is 19.1 Å². The summed E-state index contributed by atoms with van der Waals surface area (Å²) >= 11 is 0. The van der Waals surface area contributed by atoms with Crippen molar-refractivity contribution in [3.63, 3.8) is 0 Å². The Morgan fingerprint density at radius 3 is 2.17 bits per heavy atom. The van der Waals surface area contributed by atoms with E-state index in [1.807, 2.05) is 65.6 Å². The number of nitrogens with zero attached hydrogens (tertiary/aromatic N) is 3. The van der Waals surface area contributed by atoms with Crippen molar-refractivity contribution in [2.24, 2.45) is 5.92 Å². The predicted octanol–water partition coefficient (Wildman–Crippen LogP) is 3.87.